The summed E-state index contributed by atoms with van der Waals surface area (Å²) in [7, 11) is 0. The summed E-state index contributed by atoms with van der Waals surface area (Å²) in [6, 6.07) is 7.73. The number of thioether (sulfide) groups is 1. The number of benzene rings is 1. The van der Waals surface area contributed by atoms with Gasteiger partial charge in [-0.15, -0.1) is 0 Å². The molecule has 0 saturated carbocycles. The summed E-state index contributed by atoms with van der Waals surface area (Å²) in [5.41, 5.74) is 2.89. The van der Waals surface area contributed by atoms with Gasteiger partial charge in [-0.25, -0.2) is 9.97 Å². The van der Waals surface area contributed by atoms with Gasteiger partial charge in [-0.2, -0.15) is 0 Å². The molecule has 2 aromatic rings. The van der Waals surface area contributed by atoms with Crippen LogP contribution in [-0.2, 0) is 6.61 Å². The Kier molecular flexibility index (Phi) is 3.54. The summed E-state index contributed by atoms with van der Waals surface area (Å²) in [5, 5.41) is 9.82. The minimum absolute atomic E-state index is 0.0532. The first-order valence-corrected chi connectivity index (χ1v) is 6.12. The highest BCUT2D eigenvalue weighted by atomic mass is 32.2. The summed E-state index contributed by atoms with van der Waals surface area (Å²) < 4.78 is 0. The minimum Gasteiger partial charge on any atom is -0.392 e. The van der Waals surface area contributed by atoms with Gasteiger partial charge in [0.1, 0.15) is 0 Å². The van der Waals surface area contributed by atoms with Crippen LogP contribution in [0, 0.1) is 0 Å². The van der Waals surface area contributed by atoms with Crippen molar-refractivity contribution >= 4 is 11.8 Å². The molecule has 2 rings (SSSR count). The Balaban J connectivity index is 2.34. The number of hydrogen-bond donors (Lipinski definition) is 1. The van der Waals surface area contributed by atoms with Crippen LogP contribution in [0.5, 0.6) is 0 Å². The van der Waals surface area contributed by atoms with Crippen molar-refractivity contribution < 1.29 is 5.11 Å². The Hall–Kier alpha value is -1.39. The molecule has 0 aliphatic rings. The largest absolute Gasteiger partial charge is 0.392 e. The monoisotopic (exact) mass is 232 g/mol. The summed E-state index contributed by atoms with van der Waals surface area (Å²) in [4.78, 5) is 8.44. The lowest BCUT2D eigenvalue weighted by Crippen LogP contribution is -1.88. The zero-order valence-electron chi connectivity index (χ0n) is 8.92. The molecule has 0 aliphatic heterocycles. The fourth-order valence-corrected chi connectivity index (χ4v) is 1.74. The van der Waals surface area contributed by atoms with E-state index >= 15 is 0 Å². The molecule has 1 heterocycles. The molecule has 1 aromatic heterocycles. The van der Waals surface area contributed by atoms with E-state index in [1.165, 1.54) is 11.8 Å². The molecule has 4 heteroatoms. The van der Waals surface area contributed by atoms with Gasteiger partial charge in [0, 0.05) is 18.0 Å². The van der Waals surface area contributed by atoms with E-state index in [2.05, 4.69) is 9.97 Å². The van der Waals surface area contributed by atoms with Crippen LogP contribution in [0.25, 0.3) is 11.1 Å². The van der Waals surface area contributed by atoms with Gasteiger partial charge in [-0.3, -0.25) is 0 Å². The third-order valence-electron chi connectivity index (χ3n) is 2.25. The number of aliphatic hydroxyl groups excluding tert-OH is 1. The van der Waals surface area contributed by atoms with Gasteiger partial charge in [-0.05, 0) is 23.4 Å². The predicted octanol–water partition coefficient (Wildman–Crippen LogP) is 2.36. The van der Waals surface area contributed by atoms with E-state index in [9.17, 15) is 0 Å². The smallest absolute Gasteiger partial charge is 0.187 e. The Morgan fingerprint density at radius 2 is 1.94 bits per heavy atom. The highest BCUT2D eigenvalue weighted by Crippen LogP contribution is 2.20. The highest BCUT2D eigenvalue weighted by Gasteiger charge is 2.00. The second kappa shape index (κ2) is 5.09. The molecule has 16 heavy (non-hydrogen) atoms. The van der Waals surface area contributed by atoms with Gasteiger partial charge in [0.15, 0.2) is 5.16 Å². The zero-order valence-corrected chi connectivity index (χ0v) is 9.74. The Bertz CT molecular complexity index is 471. The van der Waals surface area contributed by atoms with Gasteiger partial charge in [0.25, 0.3) is 0 Å². The van der Waals surface area contributed by atoms with Crippen molar-refractivity contribution in [1.29, 1.82) is 0 Å². The molecule has 0 aliphatic carbocycles. The molecule has 1 aromatic carbocycles. The first kappa shape index (κ1) is 11.1. The van der Waals surface area contributed by atoms with Crippen LogP contribution in [0.1, 0.15) is 5.56 Å². The van der Waals surface area contributed by atoms with Crippen LogP contribution in [0.3, 0.4) is 0 Å². The van der Waals surface area contributed by atoms with Crippen molar-refractivity contribution in [2.75, 3.05) is 6.26 Å². The summed E-state index contributed by atoms with van der Waals surface area (Å²) in [5.74, 6) is 0. The maximum absolute atomic E-state index is 9.06. The molecule has 3 nitrogen and oxygen atoms in total. The third kappa shape index (κ3) is 2.40. The second-order valence-electron chi connectivity index (χ2n) is 3.32. The van der Waals surface area contributed by atoms with Gasteiger partial charge in [0.05, 0.1) is 6.61 Å². The van der Waals surface area contributed by atoms with Crippen molar-refractivity contribution in [3.05, 3.63) is 42.2 Å². The number of aliphatic hydroxyl groups is 1. The lowest BCUT2D eigenvalue weighted by molar-refractivity contribution is 0.282. The SMILES string of the molecule is CSc1ncc(-c2cccc(CO)c2)cn1. The molecule has 0 fully saturated rings. The quantitative estimate of drug-likeness (QED) is 0.652. The van der Waals surface area contributed by atoms with Crippen molar-refractivity contribution in [2.45, 2.75) is 11.8 Å². The molecular formula is C12H12N2OS. The van der Waals surface area contributed by atoms with E-state index in [4.69, 9.17) is 5.11 Å². The Morgan fingerprint density at radius 3 is 2.56 bits per heavy atom. The van der Waals surface area contributed by atoms with E-state index in [0.29, 0.717) is 0 Å². The molecule has 0 unspecified atom stereocenters. The van der Waals surface area contributed by atoms with Crippen molar-refractivity contribution in [1.82, 2.24) is 9.97 Å². The molecular weight excluding hydrogens is 220 g/mol. The molecule has 1 N–H and O–H groups in total. The van der Waals surface area contributed by atoms with Crippen LogP contribution in [-0.4, -0.2) is 21.3 Å². The van der Waals surface area contributed by atoms with E-state index in [1.807, 2.05) is 30.5 Å². The highest BCUT2D eigenvalue weighted by molar-refractivity contribution is 7.98. The first-order valence-electron chi connectivity index (χ1n) is 4.89. The average Bonchev–Trinajstić information content (AvgIpc) is 2.39. The topological polar surface area (TPSA) is 46.0 Å². The van der Waals surface area contributed by atoms with E-state index in [1.54, 1.807) is 12.4 Å². The summed E-state index contributed by atoms with van der Waals surface area (Å²) >= 11 is 1.52. The first-order chi connectivity index (χ1) is 7.83. The summed E-state index contributed by atoms with van der Waals surface area (Å²) in [6.07, 6.45) is 5.55. The van der Waals surface area contributed by atoms with Gasteiger partial charge in [0.2, 0.25) is 0 Å². The maximum atomic E-state index is 9.06. The molecule has 82 valence electrons. The lowest BCUT2D eigenvalue weighted by Gasteiger charge is -2.03. The fraction of sp³-hybridized carbons (Fsp3) is 0.167. The van der Waals surface area contributed by atoms with E-state index in [-0.39, 0.29) is 6.61 Å². The second-order valence-corrected chi connectivity index (χ2v) is 4.09. The zero-order chi connectivity index (χ0) is 11.4. The number of hydrogen-bond acceptors (Lipinski definition) is 4. The predicted molar refractivity (Wildman–Crippen MR) is 65.2 cm³/mol. The number of nitrogens with zero attached hydrogens (tertiary/aromatic N) is 2. The fourth-order valence-electron chi connectivity index (χ4n) is 1.42. The Morgan fingerprint density at radius 1 is 1.19 bits per heavy atom. The average molecular weight is 232 g/mol. The van der Waals surface area contributed by atoms with Crippen LogP contribution >= 0.6 is 11.8 Å². The molecule has 0 atom stereocenters. The molecule has 0 radical (unpaired) electrons. The molecule has 0 spiro atoms. The van der Waals surface area contributed by atoms with Crippen molar-refractivity contribution in [3.63, 3.8) is 0 Å². The maximum Gasteiger partial charge on any atom is 0.187 e. The molecule has 0 saturated heterocycles. The normalized spacial score (nSPS) is 10.4. The van der Waals surface area contributed by atoms with Gasteiger partial charge < -0.3 is 5.11 Å². The van der Waals surface area contributed by atoms with Crippen LogP contribution in [0.4, 0.5) is 0 Å². The van der Waals surface area contributed by atoms with E-state index in [0.717, 1.165) is 21.8 Å². The van der Waals surface area contributed by atoms with E-state index < -0.39 is 0 Å². The standard InChI is InChI=1S/C12H12N2OS/c1-16-12-13-6-11(7-14-12)10-4-2-3-9(5-10)8-15/h2-7,15H,8H2,1H3. The lowest BCUT2D eigenvalue weighted by atomic mass is 10.1. The molecule has 0 amide bonds. The van der Waals surface area contributed by atoms with Crippen LogP contribution in [0.2, 0.25) is 0 Å². The van der Waals surface area contributed by atoms with Crippen molar-refractivity contribution in [2.24, 2.45) is 0 Å². The number of rotatable bonds is 3. The summed E-state index contributed by atoms with van der Waals surface area (Å²) in [6.45, 7) is 0.0532. The van der Waals surface area contributed by atoms with Crippen LogP contribution < -0.4 is 0 Å². The van der Waals surface area contributed by atoms with Gasteiger partial charge in [-0.1, -0.05) is 30.0 Å². The van der Waals surface area contributed by atoms with Crippen LogP contribution in [0.15, 0.2) is 41.8 Å². The third-order valence-corrected chi connectivity index (χ3v) is 2.83. The number of aromatic nitrogens is 2. The van der Waals surface area contributed by atoms with Gasteiger partial charge >= 0.3 is 0 Å². The minimum atomic E-state index is 0.0532. The Labute approximate surface area is 98.6 Å². The molecule has 0 bridgehead atoms. The van der Waals surface area contributed by atoms with Crippen molar-refractivity contribution in [3.8, 4) is 11.1 Å².